The molecular formula is C21H22N2OS2. The highest BCUT2D eigenvalue weighted by Gasteiger charge is 2.24. The number of hydrogen-bond acceptors (Lipinski definition) is 5. The van der Waals surface area contributed by atoms with Gasteiger partial charge in [-0.3, -0.25) is 4.79 Å². The summed E-state index contributed by atoms with van der Waals surface area (Å²) in [6.45, 7) is 6.29. The molecule has 1 atom stereocenters. The zero-order valence-electron chi connectivity index (χ0n) is 15.3. The number of benzene rings is 1. The Hall–Kier alpha value is -1.72. The van der Waals surface area contributed by atoms with Crippen LogP contribution in [0, 0.1) is 19.8 Å². The van der Waals surface area contributed by atoms with Crippen molar-refractivity contribution in [2.24, 2.45) is 5.92 Å². The lowest BCUT2D eigenvalue weighted by atomic mass is 9.89. The summed E-state index contributed by atoms with van der Waals surface area (Å²) in [7, 11) is 0. The monoisotopic (exact) mass is 382 g/mol. The molecule has 0 spiro atoms. The number of carbonyl (C=O) groups is 1. The number of Topliss-reactive ketones (excluding diaryl/α,β-unsaturated/α-hetero) is 1. The number of carbonyl (C=O) groups excluding carboxylic acids is 1. The minimum atomic E-state index is 0.150. The highest BCUT2D eigenvalue weighted by molar-refractivity contribution is 8.00. The van der Waals surface area contributed by atoms with Crippen molar-refractivity contribution in [3.8, 4) is 0 Å². The molecule has 0 N–H and O–H groups in total. The smallest absolute Gasteiger partial charge is 0.173 e. The van der Waals surface area contributed by atoms with Crippen LogP contribution >= 0.6 is 23.1 Å². The molecule has 5 heteroatoms. The summed E-state index contributed by atoms with van der Waals surface area (Å²) in [6.07, 6.45) is 3.46. The molecule has 0 saturated heterocycles. The Labute approximate surface area is 162 Å². The van der Waals surface area contributed by atoms with Gasteiger partial charge < -0.3 is 0 Å². The second-order valence-corrected chi connectivity index (χ2v) is 9.23. The third kappa shape index (κ3) is 3.42. The predicted molar refractivity (Wildman–Crippen MR) is 110 cm³/mol. The molecule has 2 aromatic heterocycles. The van der Waals surface area contributed by atoms with Crippen LogP contribution in [0.15, 0.2) is 29.3 Å². The Balaban J connectivity index is 1.63. The van der Waals surface area contributed by atoms with E-state index in [0.29, 0.717) is 5.75 Å². The topological polar surface area (TPSA) is 42.9 Å². The maximum absolute atomic E-state index is 12.6. The van der Waals surface area contributed by atoms with Crippen molar-refractivity contribution in [3.05, 3.63) is 51.7 Å². The van der Waals surface area contributed by atoms with Crippen molar-refractivity contribution in [2.45, 2.75) is 45.1 Å². The number of thioether (sulfide) groups is 1. The minimum absolute atomic E-state index is 0.150. The summed E-state index contributed by atoms with van der Waals surface area (Å²) in [5.74, 6) is 2.09. The fraction of sp³-hybridized carbons (Fsp3) is 0.381. The van der Waals surface area contributed by atoms with Crippen LogP contribution in [0.5, 0.6) is 0 Å². The molecule has 1 aliphatic carbocycles. The lowest BCUT2D eigenvalue weighted by Gasteiger charge is -2.18. The first-order valence-electron chi connectivity index (χ1n) is 9.03. The fourth-order valence-corrected chi connectivity index (χ4v) is 5.96. The third-order valence-electron chi connectivity index (χ3n) is 4.95. The van der Waals surface area contributed by atoms with Gasteiger partial charge in [0.15, 0.2) is 5.78 Å². The SMILES string of the molecule is Cc1ccc(C(=O)CSc2nc(C)nc3sc4c(c23)CCC(C)C4)cc1. The number of hydrogen-bond donors (Lipinski definition) is 0. The lowest BCUT2D eigenvalue weighted by Crippen LogP contribution is -2.09. The number of aromatic nitrogens is 2. The fourth-order valence-electron chi connectivity index (χ4n) is 3.47. The maximum atomic E-state index is 12.6. The van der Waals surface area contributed by atoms with Gasteiger partial charge in [0.1, 0.15) is 15.7 Å². The molecule has 1 aromatic carbocycles. The lowest BCUT2D eigenvalue weighted by molar-refractivity contribution is 0.102. The van der Waals surface area contributed by atoms with E-state index >= 15 is 0 Å². The second kappa shape index (κ2) is 7.12. The average Bonchev–Trinajstić information content (AvgIpc) is 2.96. The van der Waals surface area contributed by atoms with E-state index in [0.717, 1.165) is 40.0 Å². The van der Waals surface area contributed by atoms with Gasteiger partial charge in [-0.25, -0.2) is 9.97 Å². The van der Waals surface area contributed by atoms with Gasteiger partial charge in [0, 0.05) is 15.8 Å². The Morgan fingerprint density at radius 3 is 2.77 bits per heavy atom. The van der Waals surface area contributed by atoms with E-state index in [4.69, 9.17) is 0 Å². The number of nitrogens with zero attached hydrogens (tertiary/aromatic N) is 2. The summed E-state index contributed by atoms with van der Waals surface area (Å²) in [5, 5.41) is 2.17. The quantitative estimate of drug-likeness (QED) is 0.344. The van der Waals surface area contributed by atoms with Crippen molar-refractivity contribution in [1.29, 1.82) is 0 Å². The molecule has 26 heavy (non-hydrogen) atoms. The summed E-state index contributed by atoms with van der Waals surface area (Å²) >= 11 is 3.37. The predicted octanol–water partition coefficient (Wildman–Crippen LogP) is 5.41. The molecular weight excluding hydrogens is 360 g/mol. The van der Waals surface area contributed by atoms with Gasteiger partial charge in [0.2, 0.25) is 0 Å². The van der Waals surface area contributed by atoms with Gasteiger partial charge in [-0.1, -0.05) is 48.5 Å². The molecule has 0 amide bonds. The Morgan fingerprint density at radius 1 is 1.23 bits per heavy atom. The van der Waals surface area contributed by atoms with Crippen molar-refractivity contribution in [3.63, 3.8) is 0 Å². The highest BCUT2D eigenvalue weighted by atomic mass is 32.2. The van der Waals surface area contributed by atoms with Gasteiger partial charge >= 0.3 is 0 Å². The van der Waals surface area contributed by atoms with Gasteiger partial charge in [0.25, 0.3) is 0 Å². The molecule has 0 fully saturated rings. The maximum Gasteiger partial charge on any atom is 0.173 e. The normalized spacial score (nSPS) is 16.7. The number of thiophene rings is 1. The molecule has 0 saturated carbocycles. The van der Waals surface area contributed by atoms with Crippen LogP contribution in [-0.4, -0.2) is 21.5 Å². The van der Waals surface area contributed by atoms with Crippen LogP contribution in [0.25, 0.3) is 10.2 Å². The number of rotatable bonds is 4. The van der Waals surface area contributed by atoms with Crippen molar-refractivity contribution >= 4 is 39.1 Å². The van der Waals surface area contributed by atoms with E-state index in [2.05, 4.69) is 16.9 Å². The van der Waals surface area contributed by atoms with Crippen LogP contribution in [-0.2, 0) is 12.8 Å². The van der Waals surface area contributed by atoms with Gasteiger partial charge in [0.05, 0.1) is 5.75 Å². The van der Waals surface area contributed by atoms with Crippen molar-refractivity contribution < 1.29 is 4.79 Å². The van der Waals surface area contributed by atoms with E-state index in [1.54, 1.807) is 11.8 Å². The van der Waals surface area contributed by atoms with Crippen LogP contribution in [0.3, 0.4) is 0 Å². The van der Waals surface area contributed by atoms with Gasteiger partial charge in [-0.2, -0.15) is 0 Å². The van der Waals surface area contributed by atoms with Crippen LogP contribution in [0.4, 0.5) is 0 Å². The van der Waals surface area contributed by atoms with E-state index in [9.17, 15) is 4.79 Å². The molecule has 0 bridgehead atoms. The molecule has 134 valence electrons. The van der Waals surface area contributed by atoms with Crippen molar-refractivity contribution in [2.75, 3.05) is 5.75 Å². The summed E-state index contributed by atoms with van der Waals surface area (Å²) in [6, 6.07) is 7.79. The third-order valence-corrected chi connectivity index (χ3v) is 7.07. The molecule has 4 rings (SSSR count). The van der Waals surface area contributed by atoms with Crippen LogP contribution in [0.2, 0.25) is 0 Å². The van der Waals surface area contributed by atoms with Gasteiger partial charge in [-0.05, 0) is 44.6 Å². The molecule has 2 heterocycles. The van der Waals surface area contributed by atoms with E-state index in [-0.39, 0.29) is 5.78 Å². The number of ketones is 1. The number of aryl methyl sites for hydroxylation is 3. The summed E-state index contributed by atoms with van der Waals surface area (Å²) in [5.41, 5.74) is 3.36. The van der Waals surface area contributed by atoms with E-state index in [1.807, 2.05) is 49.4 Å². The first kappa shape index (κ1) is 17.7. The highest BCUT2D eigenvalue weighted by Crippen LogP contribution is 2.40. The average molecular weight is 383 g/mol. The summed E-state index contributed by atoms with van der Waals surface area (Å²) in [4.78, 5) is 24.5. The molecule has 3 nitrogen and oxygen atoms in total. The van der Waals surface area contributed by atoms with Crippen LogP contribution in [0.1, 0.15) is 45.5 Å². The Kier molecular flexibility index (Phi) is 4.84. The minimum Gasteiger partial charge on any atom is -0.293 e. The second-order valence-electron chi connectivity index (χ2n) is 7.19. The zero-order chi connectivity index (χ0) is 18.3. The zero-order valence-corrected chi connectivity index (χ0v) is 17.0. The van der Waals surface area contributed by atoms with E-state index in [1.165, 1.54) is 27.8 Å². The van der Waals surface area contributed by atoms with Gasteiger partial charge in [-0.15, -0.1) is 11.3 Å². The van der Waals surface area contributed by atoms with Crippen molar-refractivity contribution in [1.82, 2.24) is 9.97 Å². The Morgan fingerprint density at radius 2 is 2.00 bits per heavy atom. The molecule has 1 aliphatic rings. The van der Waals surface area contributed by atoms with Crippen LogP contribution < -0.4 is 0 Å². The van der Waals surface area contributed by atoms with E-state index < -0.39 is 0 Å². The number of fused-ring (bicyclic) bond motifs is 3. The largest absolute Gasteiger partial charge is 0.293 e. The standard InChI is InChI=1S/C21H22N2OS2/c1-12-4-7-15(8-5-12)17(24)11-25-20-19-16-9-6-13(2)10-18(16)26-21(19)23-14(3)22-20/h4-5,7-8,13H,6,9-11H2,1-3H3. The molecule has 0 aliphatic heterocycles. The first-order valence-corrected chi connectivity index (χ1v) is 10.8. The molecule has 0 radical (unpaired) electrons. The molecule has 1 unspecified atom stereocenters. The molecule has 3 aromatic rings. The first-order chi connectivity index (χ1) is 12.5. The summed E-state index contributed by atoms with van der Waals surface area (Å²) < 4.78 is 0. The Bertz CT molecular complexity index is 976.